The number of ether oxygens (including phenoxy) is 1. The van der Waals surface area contributed by atoms with Crippen LogP contribution in [0.5, 0.6) is 0 Å². The third-order valence-electron chi connectivity index (χ3n) is 2.39. The van der Waals surface area contributed by atoms with E-state index < -0.39 is 12.0 Å². The summed E-state index contributed by atoms with van der Waals surface area (Å²) in [6, 6.07) is 6.89. The number of H-pyrrole nitrogens is 1. The van der Waals surface area contributed by atoms with E-state index in [1.54, 1.807) is 0 Å². The van der Waals surface area contributed by atoms with E-state index >= 15 is 0 Å². The lowest BCUT2D eigenvalue weighted by Gasteiger charge is -2.05. The quantitative estimate of drug-likeness (QED) is 0.829. The van der Waals surface area contributed by atoms with Crippen LogP contribution < -0.4 is 5.73 Å². The second-order valence-corrected chi connectivity index (χ2v) is 4.37. The van der Waals surface area contributed by atoms with Gasteiger partial charge in [-0.05, 0) is 24.3 Å². The summed E-state index contributed by atoms with van der Waals surface area (Å²) in [6.07, 6.45) is 0. The fourth-order valence-electron chi connectivity index (χ4n) is 1.55. The van der Waals surface area contributed by atoms with Crippen molar-refractivity contribution in [1.82, 2.24) is 4.98 Å². The van der Waals surface area contributed by atoms with Gasteiger partial charge in [0.15, 0.2) is 0 Å². The third-order valence-corrected chi connectivity index (χ3v) is 2.89. The lowest BCUT2D eigenvalue weighted by atomic mass is 10.2. The van der Waals surface area contributed by atoms with Crippen LogP contribution in [0, 0.1) is 0 Å². The van der Waals surface area contributed by atoms with Crippen LogP contribution in [0.3, 0.4) is 0 Å². The SMILES string of the molecule is COC(=O)C(N)c1cc2cc(Br)ccc2[nH]1. The first-order valence-electron chi connectivity index (χ1n) is 4.73. The van der Waals surface area contributed by atoms with E-state index in [2.05, 4.69) is 25.7 Å². The molecule has 2 aromatic rings. The number of esters is 1. The van der Waals surface area contributed by atoms with Gasteiger partial charge in [0.2, 0.25) is 0 Å². The molecule has 3 N–H and O–H groups in total. The summed E-state index contributed by atoms with van der Waals surface area (Å²) >= 11 is 3.38. The normalized spacial score (nSPS) is 12.7. The summed E-state index contributed by atoms with van der Waals surface area (Å²) in [6.45, 7) is 0. The molecule has 1 heterocycles. The predicted octanol–water partition coefficient (Wildman–Crippen LogP) is 2.10. The molecule has 16 heavy (non-hydrogen) atoms. The Morgan fingerprint density at radius 1 is 1.50 bits per heavy atom. The highest BCUT2D eigenvalue weighted by Gasteiger charge is 2.18. The summed E-state index contributed by atoms with van der Waals surface area (Å²) < 4.78 is 5.58. The predicted molar refractivity (Wildman–Crippen MR) is 64.9 cm³/mol. The Kier molecular flexibility index (Phi) is 2.98. The zero-order chi connectivity index (χ0) is 11.7. The number of benzene rings is 1. The standard InChI is InChI=1S/C11H11BrN2O2/c1-16-11(15)10(13)9-5-6-4-7(12)2-3-8(6)14-9/h2-5,10,14H,13H2,1H3. The van der Waals surface area contributed by atoms with Crippen LogP contribution in [0.1, 0.15) is 11.7 Å². The first kappa shape index (κ1) is 11.2. The number of nitrogens with one attached hydrogen (secondary N) is 1. The molecule has 4 nitrogen and oxygen atoms in total. The minimum atomic E-state index is -0.767. The first-order chi connectivity index (χ1) is 7.61. The third kappa shape index (κ3) is 1.96. The van der Waals surface area contributed by atoms with Gasteiger partial charge in [-0.3, -0.25) is 0 Å². The highest BCUT2D eigenvalue weighted by molar-refractivity contribution is 9.10. The Hall–Kier alpha value is -1.33. The molecule has 0 aliphatic heterocycles. The zero-order valence-corrected chi connectivity index (χ0v) is 10.2. The Bertz CT molecular complexity index is 536. The molecule has 0 spiro atoms. The van der Waals surface area contributed by atoms with Crippen molar-refractivity contribution in [3.8, 4) is 0 Å². The number of hydrogen-bond donors (Lipinski definition) is 2. The molecular formula is C11H11BrN2O2. The van der Waals surface area contributed by atoms with E-state index in [9.17, 15) is 4.79 Å². The van der Waals surface area contributed by atoms with E-state index in [-0.39, 0.29) is 0 Å². The van der Waals surface area contributed by atoms with Crippen molar-refractivity contribution in [2.75, 3.05) is 7.11 Å². The molecule has 0 aliphatic carbocycles. The van der Waals surface area contributed by atoms with Crippen LogP contribution >= 0.6 is 15.9 Å². The average Bonchev–Trinajstić information content (AvgIpc) is 2.69. The van der Waals surface area contributed by atoms with Gasteiger partial charge in [0.05, 0.1) is 7.11 Å². The van der Waals surface area contributed by atoms with Gasteiger partial charge in [0.1, 0.15) is 6.04 Å². The van der Waals surface area contributed by atoms with Gasteiger partial charge in [0, 0.05) is 21.1 Å². The molecule has 84 valence electrons. The molecule has 1 aromatic carbocycles. The second kappa shape index (κ2) is 4.27. The number of rotatable bonds is 2. The first-order valence-corrected chi connectivity index (χ1v) is 5.52. The van der Waals surface area contributed by atoms with Crippen LogP contribution in [-0.2, 0) is 9.53 Å². The zero-order valence-electron chi connectivity index (χ0n) is 8.66. The Morgan fingerprint density at radius 2 is 2.25 bits per heavy atom. The molecule has 0 saturated heterocycles. The molecule has 1 atom stereocenters. The van der Waals surface area contributed by atoms with Gasteiger partial charge in [0.25, 0.3) is 0 Å². The van der Waals surface area contributed by atoms with E-state index in [1.807, 2.05) is 24.3 Å². The summed E-state index contributed by atoms with van der Waals surface area (Å²) in [7, 11) is 1.32. The fourth-order valence-corrected chi connectivity index (χ4v) is 1.93. The Morgan fingerprint density at radius 3 is 2.94 bits per heavy atom. The monoisotopic (exact) mass is 282 g/mol. The minimum absolute atomic E-state index is 0.453. The smallest absolute Gasteiger partial charge is 0.328 e. The van der Waals surface area contributed by atoms with Crippen molar-refractivity contribution in [2.45, 2.75) is 6.04 Å². The molecule has 0 fully saturated rings. The molecule has 0 aliphatic rings. The maximum atomic E-state index is 11.3. The topological polar surface area (TPSA) is 68.1 Å². The average molecular weight is 283 g/mol. The molecule has 1 aromatic heterocycles. The van der Waals surface area contributed by atoms with Crippen LogP contribution in [0.25, 0.3) is 10.9 Å². The molecular weight excluding hydrogens is 272 g/mol. The maximum Gasteiger partial charge on any atom is 0.328 e. The largest absolute Gasteiger partial charge is 0.468 e. The van der Waals surface area contributed by atoms with E-state index in [0.29, 0.717) is 5.69 Å². The van der Waals surface area contributed by atoms with Crippen molar-refractivity contribution in [2.24, 2.45) is 5.73 Å². The Balaban J connectivity index is 2.43. The van der Waals surface area contributed by atoms with Crippen molar-refractivity contribution >= 4 is 32.8 Å². The van der Waals surface area contributed by atoms with Crippen molar-refractivity contribution in [1.29, 1.82) is 0 Å². The summed E-state index contributed by atoms with van der Waals surface area (Å²) in [5, 5.41) is 1.00. The number of aromatic nitrogens is 1. The number of carbonyl (C=O) groups is 1. The van der Waals surface area contributed by atoms with Gasteiger partial charge in [-0.1, -0.05) is 15.9 Å². The molecule has 0 radical (unpaired) electrons. The maximum absolute atomic E-state index is 11.3. The number of methoxy groups -OCH3 is 1. The molecule has 5 heteroatoms. The van der Waals surface area contributed by atoms with E-state index in [1.165, 1.54) is 7.11 Å². The summed E-state index contributed by atoms with van der Waals surface area (Å²) in [5.74, 6) is -0.453. The lowest BCUT2D eigenvalue weighted by molar-refractivity contribution is -0.142. The molecule has 0 saturated carbocycles. The number of hydrogen-bond acceptors (Lipinski definition) is 3. The van der Waals surface area contributed by atoms with Gasteiger partial charge < -0.3 is 15.5 Å². The van der Waals surface area contributed by atoms with Gasteiger partial charge >= 0.3 is 5.97 Å². The number of nitrogens with two attached hydrogens (primary N) is 1. The number of carbonyl (C=O) groups excluding carboxylic acids is 1. The van der Waals surface area contributed by atoms with Crippen LogP contribution in [0.2, 0.25) is 0 Å². The van der Waals surface area contributed by atoms with Crippen molar-refractivity contribution < 1.29 is 9.53 Å². The summed E-state index contributed by atoms with van der Waals surface area (Å²) in [5.41, 5.74) is 7.33. The molecule has 2 rings (SSSR count). The number of fused-ring (bicyclic) bond motifs is 1. The number of halogens is 1. The minimum Gasteiger partial charge on any atom is -0.468 e. The van der Waals surface area contributed by atoms with Crippen LogP contribution in [0.4, 0.5) is 0 Å². The lowest BCUT2D eigenvalue weighted by Crippen LogP contribution is -2.22. The van der Waals surface area contributed by atoms with Gasteiger partial charge in [-0.2, -0.15) is 0 Å². The highest BCUT2D eigenvalue weighted by atomic mass is 79.9. The number of aromatic amines is 1. The molecule has 1 unspecified atom stereocenters. The van der Waals surface area contributed by atoms with Crippen molar-refractivity contribution in [3.05, 3.63) is 34.4 Å². The Labute approximate surface area is 101 Å². The van der Waals surface area contributed by atoms with Crippen molar-refractivity contribution in [3.63, 3.8) is 0 Å². The van der Waals surface area contributed by atoms with Crippen LogP contribution in [-0.4, -0.2) is 18.1 Å². The van der Waals surface area contributed by atoms with E-state index in [0.717, 1.165) is 15.4 Å². The second-order valence-electron chi connectivity index (χ2n) is 3.46. The molecule has 0 bridgehead atoms. The summed E-state index contributed by atoms with van der Waals surface area (Å²) in [4.78, 5) is 14.4. The van der Waals surface area contributed by atoms with Gasteiger partial charge in [-0.25, -0.2) is 4.79 Å². The molecule has 0 amide bonds. The van der Waals surface area contributed by atoms with Crippen LogP contribution in [0.15, 0.2) is 28.7 Å². The van der Waals surface area contributed by atoms with E-state index in [4.69, 9.17) is 5.73 Å². The van der Waals surface area contributed by atoms with Gasteiger partial charge in [-0.15, -0.1) is 0 Å². The fraction of sp³-hybridized carbons (Fsp3) is 0.182. The highest BCUT2D eigenvalue weighted by Crippen LogP contribution is 2.23.